The second-order valence-electron chi connectivity index (χ2n) is 6.30. The number of aliphatic imine (C=N–C) groups is 1. The second-order valence-corrected chi connectivity index (χ2v) is 6.30. The lowest BCUT2D eigenvalue weighted by Crippen LogP contribution is -2.56. The number of amides is 1. The Morgan fingerprint density at radius 3 is 2.58 bits per heavy atom. The highest BCUT2D eigenvalue weighted by Gasteiger charge is 2.28. The van der Waals surface area contributed by atoms with E-state index in [1.54, 1.807) is 7.11 Å². The first-order valence-corrected chi connectivity index (χ1v) is 8.60. The molecule has 3 N–H and O–H groups in total. The fourth-order valence-corrected chi connectivity index (χ4v) is 2.42. The van der Waals surface area contributed by atoms with E-state index in [2.05, 4.69) is 39.7 Å². The van der Waals surface area contributed by atoms with Gasteiger partial charge in [-0.15, -0.1) is 0 Å². The molecule has 1 fully saturated rings. The number of morpholine rings is 1. The molecule has 0 spiro atoms. The predicted octanol–water partition coefficient (Wildman–Crippen LogP) is -0.585. The zero-order chi connectivity index (χ0) is 17.8. The fraction of sp³-hybridized carbons (Fsp3) is 0.875. The van der Waals surface area contributed by atoms with Crippen molar-refractivity contribution in [2.24, 2.45) is 4.99 Å². The standard InChI is InChI=1S/C16H33N5O3/c1-5-17-15(19-12-14(22)18-6-9-23-4)20-13-16(2,3)21-7-10-24-11-8-21/h5-13H2,1-4H3,(H,18,22)(H2,17,19,20). The quantitative estimate of drug-likeness (QED) is 0.295. The average molecular weight is 343 g/mol. The lowest BCUT2D eigenvalue weighted by molar-refractivity contribution is -0.119. The maximum atomic E-state index is 11.7. The van der Waals surface area contributed by atoms with E-state index in [0.29, 0.717) is 19.1 Å². The summed E-state index contributed by atoms with van der Waals surface area (Å²) in [7, 11) is 1.60. The number of ether oxygens (including phenoxy) is 2. The van der Waals surface area contributed by atoms with E-state index in [0.717, 1.165) is 39.4 Å². The van der Waals surface area contributed by atoms with Gasteiger partial charge in [0, 0.05) is 45.4 Å². The minimum Gasteiger partial charge on any atom is -0.383 e. The first kappa shape index (κ1) is 20.7. The largest absolute Gasteiger partial charge is 0.383 e. The molecule has 0 bridgehead atoms. The molecular formula is C16H33N5O3. The van der Waals surface area contributed by atoms with Crippen LogP contribution in [0.25, 0.3) is 0 Å². The van der Waals surface area contributed by atoms with Gasteiger partial charge in [0.15, 0.2) is 5.96 Å². The third-order valence-electron chi connectivity index (χ3n) is 3.91. The van der Waals surface area contributed by atoms with Crippen LogP contribution in [-0.2, 0) is 14.3 Å². The Kier molecular flexibility index (Phi) is 9.66. The van der Waals surface area contributed by atoms with Gasteiger partial charge in [-0.25, -0.2) is 4.99 Å². The maximum absolute atomic E-state index is 11.7. The number of nitrogens with one attached hydrogen (secondary N) is 3. The number of guanidine groups is 1. The molecule has 0 aromatic heterocycles. The van der Waals surface area contributed by atoms with Crippen LogP contribution >= 0.6 is 0 Å². The van der Waals surface area contributed by atoms with Gasteiger partial charge in [0.05, 0.1) is 19.8 Å². The van der Waals surface area contributed by atoms with Crippen LogP contribution in [0.2, 0.25) is 0 Å². The van der Waals surface area contributed by atoms with Gasteiger partial charge in [0.2, 0.25) is 5.91 Å². The number of methoxy groups -OCH3 is 1. The molecule has 24 heavy (non-hydrogen) atoms. The monoisotopic (exact) mass is 343 g/mol. The summed E-state index contributed by atoms with van der Waals surface area (Å²) in [6, 6.07) is 0. The van der Waals surface area contributed by atoms with E-state index < -0.39 is 0 Å². The predicted molar refractivity (Wildman–Crippen MR) is 95.3 cm³/mol. The highest BCUT2D eigenvalue weighted by molar-refractivity contribution is 5.84. The van der Waals surface area contributed by atoms with Gasteiger partial charge < -0.3 is 25.4 Å². The van der Waals surface area contributed by atoms with Crippen LogP contribution in [0.15, 0.2) is 4.99 Å². The van der Waals surface area contributed by atoms with Gasteiger partial charge in [0.1, 0.15) is 6.54 Å². The van der Waals surface area contributed by atoms with Crippen molar-refractivity contribution < 1.29 is 14.3 Å². The zero-order valence-corrected chi connectivity index (χ0v) is 15.5. The molecule has 0 atom stereocenters. The molecule has 8 heteroatoms. The number of carbonyl (C=O) groups excluding carboxylic acids is 1. The summed E-state index contributed by atoms with van der Waals surface area (Å²) >= 11 is 0. The molecule has 0 aromatic carbocycles. The summed E-state index contributed by atoms with van der Waals surface area (Å²) in [6.07, 6.45) is 0. The van der Waals surface area contributed by atoms with Crippen LogP contribution in [0.3, 0.4) is 0 Å². The van der Waals surface area contributed by atoms with Gasteiger partial charge in [-0.05, 0) is 20.8 Å². The molecule has 0 saturated carbocycles. The van der Waals surface area contributed by atoms with Crippen LogP contribution in [0.1, 0.15) is 20.8 Å². The molecule has 140 valence electrons. The summed E-state index contributed by atoms with van der Waals surface area (Å²) in [5.74, 6) is 0.539. The summed E-state index contributed by atoms with van der Waals surface area (Å²) in [6.45, 7) is 12.4. The molecule has 1 rings (SSSR count). The summed E-state index contributed by atoms with van der Waals surface area (Å²) in [4.78, 5) is 18.5. The summed E-state index contributed by atoms with van der Waals surface area (Å²) in [5.41, 5.74) is -0.0132. The first-order valence-electron chi connectivity index (χ1n) is 8.60. The van der Waals surface area contributed by atoms with E-state index in [1.165, 1.54) is 0 Å². The molecule has 1 aliphatic heterocycles. The molecule has 0 aliphatic carbocycles. The van der Waals surface area contributed by atoms with Crippen molar-refractivity contribution in [2.75, 3.05) is 66.2 Å². The minimum atomic E-state index is -0.114. The average Bonchev–Trinajstić information content (AvgIpc) is 2.58. The molecule has 1 saturated heterocycles. The molecule has 0 aromatic rings. The van der Waals surface area contributed by atoms with Crippen LogP contribution in [-0.4, -0.2) is 88.5 Å². The van der Waals surface area contributed by atoms with E-state index in [1.807, 2.05) is 6.92 Å². The van der Waals surface area contributed by atoms with Crippen LogP contribution in [0, 0.1) is 0 Å². The number of carbonyl (C=O) groups is 1. The van der Waals surface area contributed by atoms with Crippen LogP contribution in [0.4, 0.5) is 0 Å². The molecule has 1 heterocycles. The summed E-state index contributed by atoms with van der Waals surface area (Å²) in [5, 5.41) is 9.26. The topological polar surface area (TPSA) is 87.2 Å². The molecule has 1 aliphatic rings. The van der Waals surface area contributed by atoms with Gasteiger partial charge >= 0.3 is 0 Å². The number of nitrogens with zero attached hydrogens (tertiary/aromatic N) is 2. The fourth-order valence-electron chi connectivity index (χ4n) is 2.42. The van der Waals surface area contributed by atoms with Gasteiger partial charge in [0.25, 0.3) is 0 Å². The first-order chi connectivity index (χ1) is 11.5. The normalized spacial score (nSPS) is 16.8. The minimum absolute atomic E-state index is 0.0132. The Labute approximate surface area is 145 Å². The van der Waals surface area contributed by atoms with Gasteiger partial charge in [-0.2, -0.15) is 0 Å². The van der Waals surface area contributed by atoms with Crippen molar-refractivity contribution in [2.45, 2.75) is 26.3 Å². The second kappa shape index (κ2) is 11.2. The Morgan fingerprint density at radius 1 is 1.25 bits per heavy atom. The molecular weight excluding hydrogens is 310 g/mol. The van der Waals surface area contributed by atoms with E-state index >= 15 is 0 Å². The molecule has 0 unspecified atom stereocenters. The Balaban J connectivity index is 2.45. The summed E-state index contributed by atoms with van der Waals surface area (Å²) < 4.78 is 10.3. The van der Waals surface area contributed by atoms with E-state index in [4.69, 9.17) is 9.47 Å². The van der Waals surface area contributed by atoms with Crippen molar-refractivity contribution in [1.29, 1.82) is 0 Å². The third kappa shape index (κ3) is 7.94. The molecule has 8 nitrogen and oxygen atoms in total. The van der Waals surface area contributed by atoms with E-state index in [9.17, 15) is 4.79 Å². The van der Waals surface area contributed by atoms with Gasteiger partial charge in [-0.3, -0.25) is 9.69 Å². The number of hydrogen-bond donors (Lipinski definition) is 3. The molecule has 1 amide bonds. The zero-order valence-electron chi connectivity index (χ0n) is 15.5. The SMILES string of the molecule is CCNC(=NCC(=O)NCCOC)NCC(C)(C)N1CCOCC1. The highest BCUT2D eigenvalue weighted by Crippen LogP contribution is 2.14. The van der Waals surface area contributed by atoms with Crippen LogP contribution < -0.4 is 16.0 Å². The Hall–Kier alpha value is -1.38. The highest BCUT2D eigenvalue weighted by atomic mass is 16.5. The molecule has 0 radical (unpaired) electrons. The Bertz CT molecular complexity index is 395. The lowest BCUT2D eigenvalue weighted by Gasteiger charge is -2.41. The Morgan fingerprint density at radius 2 is 1.96 bits per heavy atom. The third-order valence-corrected chi connectivity index (χ3v) is 3.91. The van der Waals surface area contributed by atoms with Crippen molar-refractivity contribution in [3.8, 4) is 0 Å². The van der Waals surface area contributed by atoms with E-state index in [-0.39, 0.29) is 18.0 Å². The van der Waals surface area contributed by atoms with Gasteiger partial charge in [-0.1, -0.05) is 0 Å². The van der Waals surface area contributed by atoms with Crippen LogP contribution in [0.5, 0.6) is 0 Å². The number of rotatable bonds is 9. The van der Waals surface area contributed by atoms with Crippen molar-refractivity contribution in [3.63, 3.8) is 0 Å². The van der Waals surface area contributed by atoms with Crippen molar-refractivity contribution in [3.05, 3.63) is 0 Å². The maximum Gasteiger partial charge on any atom is 0.241 e. The van der Waals surface area contributed by atoms with Crippen molar-refractivity contribution >= 4 is 11.9 Å². The van der Waals surface area contributed by atoms with Crippen molar-refractivity contribution in [1.82, 2.24) is 20.9 Å². The smallest absolute Gasteiger partial charge is 0.241 e. The number of hydrogen-bond acceptors (Lipinski definition) is 5. The lowest BCUT2D eigenvalue weighted by atomic mass is 10.0.